The highest BCUT2D eigenvalue weighted by atomic mass is 16.3. The van der Waals surface area contributed by atoms with E-state index in [0.29, 0.717) is 11.1 Å². The van der Waals surface area contributed by atoms with E-state index in [0.717, 1.165) is 0 Å². The molecule has 0 aliphatic heterocycles. The van der Waals surface area contributed by atoms with Crippen LogP contribution < -0.4 is 0 Å². The molecule has 1 aromatic rings. The van der Waals surface area contributed by atoms with Crippen molar-refractivity contribution >= 4 is 11.4 Å². The Morgan fingerprint density at radius 1 is 1.31 bits per heavy atom. The topological polar surface area (TPSA) is 50.2 Å². The molecular weight excluding hydrogens is 166 g/mol. The first kappa shape index (κ1) is 9.45. The highest BCUT2D eigenvalue weighted by molar-refractivity contribution is 6.19. The standard InChI is InChI=1S/C10H11NO2/c1-7(12)10(8(2)13)9-3-5-11-6-4-9/h3-6,12H,1-2H3/b10-7+. The average Bonchev–Trinajstić information content (AvgIpc) is 2.04. The van der Waals surface area contributed by atoms with Gasteiger partial charge in [-0.05, 0) is 31.5 Å². The number of aliphatic hydroxyl groups is 1. The Kier molecular flexibility index (Phi) is 2.80. The molecule has 1 aromatic heterocycles. The van der Waals surface area contributed by atoms with E-state index >= 15 is 0 Å². The Morgan fingerprint density at radius 3 is 2.23 bits per heavy atom. The minimum absolute atomic E-state index is 0.0405. The summed E-state index contributed by atoms with van der Waals surface area (Å²) < 4.78 is 0. The minimum atomic E-state index is -0.147. The lowest BCUT2D eigenvalue weighted by Gasteiger charge is -2.03. The number of aromatic nitrogens is 1. The highest BCUT2D eigenvalue weighted by Gasteiger charge is 2.09. The van der Waals surface area contributed by atoms with Crippen LogP contribution in [0.5, 0.6) is 0 Å². The normalized spacial score (nSPS) is 12.2. The Morgan fingerprint density at radius 2 is 1.85 bits per heavy atom. The van der Waals surface area contributed by atoms with E-state index in [2.05, 4.69) is 4.98 Å². The first-order valence-corrected chi connectivity index (χ1v) is 3.94. The Bertz CT molecular complexity index is 337. The summed E-state index contributed by atoms with van der Waals surface area (Å²) in [6, 6.07) is 3.38. The van der Waals surface area contributed by atoms with Crippen molar-refractivity contribution in [2.45, 2.75) is 13.8 Å². The molecule has 0 spiro atoms. The number of ketones is 1. The van der Waals surface area contributed by atoms with Crippen LogP contribution in [0.4, 0.5) is 0 Å². The summed E-state index contributed by atoms with van der Waals surface area (Å²) in [6.07, 6.45) is 3.17. The van der Waals surface area contributed by atoms with E-state index in [1.54, 1.807) is 24.5 Å². The molecular formula is C10H11NO2. The summed E-state index contributed by atoms with van der Waals surface area (Å²) >= 11 is 0. The van der Waals surface area contributed by atoms with Crippen molar-refractivity contribution in [1.29, 1.82) is 0 Å². The van der Waals surface area contributed by atoms with Crippen LogP contribution in [0, 0.1) is 0 Å². The quantitative estimate of drug-likeness (QED) is 0.555. The number of hydrogen-bond donors (Lipinski definition) is 1. The zero-order chi connectivity index (χ0) is 9.84. The van der Waals surface area contributed by atoms with Crippen LogP contribution >= 0.6 is 0 Å². The number of aliphatic hydroxyl groups excluding tert-OH is 1. The van der Waals surface area contributed by atoms with Gasteiger partial charge in [0, 0.05) is 12.4 Å². The first-order chi connectivity index (χ1) is 6.13. The summed E-state index contributed by atoms with van der Waals surface area (Å²) in [5, 5.41) is 9.27. The second-order valence-electron chi connectivity index (χ2n) is 2.75. The number of carbonyl (C=O) groups is 1. The molecule has 0 fully saturated rings. The van der Waals surface area contributed by atoms with Gasteiger partial charge in [0.2, 0.25) is 0 Å². The number of Topliss-reactive ketones (excluding diaryl/α,β-unsaturated/α-hetero) is 1. The van der Waals surface area contributed by atoms with Crippen molar-refractivity contribution in [3.05, 3.63) is 35.8 Å². The van der Waals surface area contributed by atoms with Gasteiger partial charge in [-0.3, -0.25) is 9.78 Å². The molecule has 0 aliphatic carbocycles. The lowest BCUT2D eigenvalue weighted by Crippen LogP contribution is -1.99. The largest absolute Gasteiger partial charge is 0.512 e. The molecule has 0 aliphatic rings. The zero-order valence-electron chi connectivity index (χ0n) is 7.61. The summed E-state index contributed by atoms with van der Waals surface area (Å²) in [7, 11) is 0. The van der Waals surface area contributed by atoms with Crippen molar-refractivity contribution in [3.63, 3.8) is 0 Å². The van der Waals surface area contributed by atoms with E-state index in [1.807, 2.05) is 0 Å². The van der Waals surface area contributed by atoms with Gasteiger partial charge in [-0.2, -0.15) is 0 Å². The van der Waals surface area contributed by atoms with Gasteiger partial charge in [-0.1, -0.05) is 0 Å². The van der Waals surface area contributed by atoms with E-state index < -0.39 is 0 Å². The molecule has 1 N–H and O–H groups in total. The molecule has 3 nitrogen and oxygen atoms in total. The van der Waals surface area contributed by atoms with Crippen LogP contribution in [-0.4, -0.2) is 15.9 Å². The van der Waals surface area contributed by atoms with Crippen LogP contribution in [0.2, 0.25) is 0 Å². The molecule has 0 atom stereocenters. The number of pyridine rings is 1. The third-order valence-electron chi connectivity index (χ3n) is 1.68. The van der Waals surface area contributed by atoms with Gasteiger partial charge in [-0.25, -0.2) is 0 Å². The molecule has 1 heterocycles. The fourth-order valence-electron chi connectivity index (χ4n) is 1.19. The summed E-state index contributed by atoms with van der Waals surface area (Å²) in [5.74, 6) is -0.107. The molecule has 0 saturated heterocycles. The van der Waals surface area contributed by atoms with E-state index in [4.69, 9.17) is 0 Å². The van der Waals surface area contributed by atoms with E-state index in [9.17, 15) is 9.90 Å². The maximum absolute atomic E-state index is 11.1. The molecule has 0 bridgehead atoms. The fourth-order valence-corrected chi connectivity index (χ4v) is 1.19. The van der Waals surface area contributed by atoms with Crippen LogP contribution in [-0.2, 0) is 4.79 Å². The monoisotopic (exact) mass is 177 g/mol. The van der Waals surface area contributed by atoms with E-state index in [1.165, 1.54) is 13.8 Å². The number of rotatable bonds is 2. The second-order valence-corrected chi connectivity index (χ2v) is 2.75. The van der Waals surface area contributed by atoms with Gasteiger partial charge in [0.05, 0.1) is 5.57 Å². The van der Waals surface area contributed by atoms with Crippen LogP contribution in [0.3, 0.4) is 0 Å². The number of hydrogen-bond acceptors (Lipinski definition) is 3. The van der Waals surface area contributed by atoms with Crippen LogP contribution in [0.15, 0.2) is 30.3 Å². The maximum Gasteiger partial charge on any atom is 0.163 e. The third kappa shape index (κ3) is 2.15. The predicted molar refractivity (Wildman–Crippen MR) is 50.1 cm³/mol. The van der Waals surface area contributed by atoms with Gasteiger partial charge in [0.25, 0.3) is 0 Å². The smallest absolute Gasteiger partial charge is 0.163 e. The Hall–Kier alpha value is -1.64. The lowest BCUT2D eigenvalue weighted by molar-refractivity contribution is -0.111. The van der Waals surface area contributed by atoms with Gasteiger partial charge in [0.15, 0.2) is 5.78 Å². The van der Waals surface area contributed by atoms with Crippen molar-refractivity contribution < 1.29 is 9.90 Å². The Labute approximate surface area is 76.7 Å². The SMILES string of the molecule is CC(=O)/C(=C(/C)O)c1ccncc1. The van der Waals surface area contributed by atoms with Crippen molar-refractivity contribution in [1.82, 2.24) is 4.98 Å². The lowest BCUT2D eigenvalue weighted by atomic mass is 10.0. The average molecular weight is 177 g/mol. The zero-order valence-corrected chi connectivity index (χ0v) is 7.61. The highest BCUT2D eigenvalue weighted by Crippen LogP contribution is 2.17. The van der Waals surface area contributed by atoms with Crippen LogP contribution in [0.25, 0.3) is 5.57 Å². The molecule has 0 saturated carbocycles. The predicted octanol–water partition coefficient (Wildman–Crippen LogP) is 1.96. The number of carbonyl (C=O) groups excluding carboxylic acids is 1. The number of nitrogens with zero attached hydrogens (tertiary/aromatic N) is 1. The first-order valence-electron chi connectivity index (χ1n) is 3.94. The summed E-state index contributed by atoms with van der Waals surface area (Å²) in [4.78, 5) is 15.0. The van der Waals surface area contributed by atoms with Crippen molar-refractivity contribution in [2.75, 3.05) is 0 Å². The molecule has 0 radical (unpaired) electrons. The number of allylic oxidation sites excluding steroid dienone is 2. The molecule has 1 rings (SSSR count). The van der Waals surface area contributed by atoms with Crippen molar-refractivity contribution in [3.8, 4) is 0 Å². The summed E-state index contributed by atoms with van der Waals surface area (Å²) in [5.41, 5.74) is 1.05. The van der Waals surface area contributed by atoms with Crippen LogP contribution in [0.1, 0.15) is 19.4 Å². The fraction of sp³-hybridized carbons (Fsp3) is 0.200. The van der Waals surface area contributed by atoms with Crippen molar-refractivity contribution in [2.24, 2.45) is 0 Å². The van der Waals surface area contributed by atoms with Gasteiger partial charge < -0.3 is 5.11 Å². The van der Waals surface area contributed by atoms with Gasteiger partial charge in [-0.15, -0.1) is 0 Å². The van der Waals surface area contributed by atoms with Gasteiger partial charge in [0.1, 0.15) is 5.76 Å². The third-order valence-corrected chi connectivity index (χ3v) is 1.68. The molecule has 13 heavy (non-hydrogen) atoms. The second kappa shape index (κ2) is 3.85. The molecule has 68 valence electrons. The molecule has 0 aromatic carbocycles. The van der Waals surface area contributed by atoms with Gasteiger partial charge >= 0.3 is 0 Å². The van der Waals surface area contributed by atoms with E-state index in [-0.39, 0.29) is 11.5 Å². The molecule has 3 heteroatoms. The minimum Gasteiger partial charge on any atom is -0.512 e. The molecule has 0 amide bonds. The molecule has 0 unspecified atom stereocenters. The maximum atomic E-state index is 11.1. The Balaban J connectivity index is 3.20. The summed E-state index contributed by atoms with van der Waals surface area (Å²) in [6.45, 7) is 2.92.